The highest BCUT2D eigenvalue weighted by atomic mass is 79.9. The Bertz CT molecular complexity index is 562. The van der Waals surface area contributed by atoms with Crippen molar-refractivity contribution in [1.82, 2.24) is 4.72 Å². The second-order valence-corrected chi connectivity index (χ2v) is 7.80. The van der Waals surface area contributed by atoms with E-state index in [0.29, 0.717) is 18.4 Å². The highest BCUT2D eigenvalue weighted by Crippen LogP contribution is 2.30. The molecule has 1 N–H and O–H groups in total. The van der Waals surface area contributed by atoms with Gasteiger partial charge in [0.15, 0.2) is 0 Å². The third kappa shape index (κ3) is 3.77. The summed E-state index contributed by atoms with van der Waals surface area (Å²) in [6, 6.07) is 3.59. The summed E-state index contributed by atoms with van der Waals surface area (Å²) in [5, 5.41) is 0. The Balaban J connectivity index is 2.06. The minimum atomic E-state index is -3.58. The van der Waals surface area contributed by atoms with E-state index in [9.17, 15) is 12.8 Å². The second kappa shape index (κ2) is 5.89. The third-order valence-electron chi connectivity index (χ3n) is 3.55. The van der Waals surface area contributed by atoms with Crippen molar-refractivity contribution >= 4 is 26.0 Å². The van der Waals surface area contributed by atoms with Crippen LogP contribution in [0.15, 0.2) is 27.6 Å². The first kappa shape index (κ1) is 14.9. The van der Waals surface area contributed by atoms with Gasteiger partial charge in [-0.05, 0) is 58.8 Å². The van der Waals surface area contributed by atoms with Gasteiger partial charge in [-0.3, -0.25) is 0 Å². The van der Waals surface area contributed by atoms with Crippen LogP contribution in [-0.4, -0.2) is 15.0 Å². The molecule has 1 fully saturated rings. The smallest absolute Gasteiger partial charge is 0.211 e. The van der Waals surface area contributed by atoms with Crippen molar-refractivity contribution in [3.05, 3.63) is 28.5 Å². The molecule has 0 radical (unpaired) electrons. The summed E-state index contributed by atoms with van der Waals surface area (Å²) in [7, 11) is -3.58. The second-order valence-electron chi connectivity index (χ2n) is 5.21. The Morgan fingerprint density at radius 3 is 2.74 bits per heavy atom. The maximum absolute atomic E-state index is 13.0. The van der Waals surface area contributed by atoms with Gasteiger partial charge in [0.1, 0.15) is 5.82 Å². The van der Waals surface area contributed by atoms with Gasteiger partial charge in [-0.2, -0.15) is 0 Å². The molecule has 0 aromatic heterocycles. The molecule has 0 amide bonds. The molecular weight excluding hydrogens is 333 g/mol. The Morgan fingerprint density at radius 1 is 1.42 bits per heavy atom. The molecule has 1 saturated carbocycles. The number of benzene rings is 1. The van der Waals surface area contributed by atoms with E-state index in [1.165, 1.54) is 6.07 Å². The van der Waals surface area contributed by atoms with Crippen LogP contribution in [0, 0.1) is 17.7 Å². The highest BCUT2D eigenvalue weighted by molar-refractivity contribution is 9.10. The van der Waals surface area contributed by atoms with Crippen LogP contribution >= 0.6 is 15.9 Å². The quantitative estimate of drug-likeness (QED) is 0.906. The highest BCUT2D eigenvalue weighted by Gasteiger charge is 2.24. The Hall–Kier alpha value is -0.460. The molecule has 1 aromatic rings. The summed E-state index contributed by atoms with van der Waals surface area (Å²) in [6.45, 7) is 2.64. The zero-order valence-electron chi connectivity index (χ0n) is 10.7. The maximum Gasteiger partial charge on any atom is 0.241 e. The first-order valence-electron chi connectivity index (χ1n) is 6.33. The van der Waals surface area contributed by atoms with Gasteiger partial charge in [0.05, 0.1) is 4.90 Å². The predicted molar refractivity (Wildman–Crippen MR) is 75.8 cm³/mol. The maximum atomic E-state index is 13.0. The monoisotopic (exact) mass is 349 g/mol. The zero-order chi connectivity index (χ0) is 14.0. The molecule has 0 spiro atoms. The summed E-state index contributed by atoms with van der Waals surface area (Å²) in [5.74, 6) is 0.617. The van der Waals surface area contributed by atoms with Gasteiger partial charge in [0.2, 0.25) is 10.0 Å². The van der Waals surface area contributed by atoms with Crippen LogP contribution in [0.3, 0.4) is 0 Å². The fraction of sp³-hybridized carbons (Fsp3) is 0.538. The summed E-state index contributed by atoms with van der Waals surface area (Å²) in [4.78, 5) is 0.0833. The van der Waals surface area contributed by atoms with Gasteiger partial charge in [-0.25, -0.2) is 17.5 Å². The third-order valence-corrected chi connectivity index (χ3v) is 5.95. The standard InChI is InChI=1S/C13H17BrFNO2S/c1-9-2-3-10(6-9)8-16-19(17,18)13-5-4-11(15)7-12(13)14/h4-5,7,9-10,16H,2-3,6,8H2,1H3. The lowest BCUT2D eigenvalue weighted by Gasteiger charge is -2.12. The van der Waals surface area contributed by atoms with Crippen molar-refractivity contribution in [2.45, 2.75) is 31.1 Å². The molecule has 106 valence electrons. The molecule has 0 heterocycles. The van der Waals surface area contributed by atoms with Gasteiger partial charge < -0.3 is 0 Å². The number of rotatable bonds is 4. The molecule has 0 bridgehead atoms. The molecule has 6 heteroatoms. The summed E-state index contributed by atoms with van der Waals surface area (Å²) < 4.78 is 40.1. The van der Waals surface area contributed by atoms with E-state index in [4.69, 9.17) is 0 Å². The van der Waals surface area contributed by atoms with Crippen LogP contribution in [-0.2, 0) is 10.0 Å². The van der Waals surface area contributed by atoms with Gasteiger partial charge in [0, 0.05) is 11.0 Å². The number of hydrogen-bond acceptors (Lipinski definition) is 2. The molecule has 1 aromatic carbocycles. The Morgan fingerprint density at radius 2 is 2.16 bits per heavy atom. The van der Waals surface area contributed by atoms with E-state index in [-0.39, 0.29) is 9.37 Å². The average Bonchev–Trinajstić information content (AvgIpc) is 2.72. The lowest BCUT2D eigenvalue weighted by atomic mass is 10.1. The van der Waals surface area contributed by atoms with E-state index in [0.717, 1.165) is 31.4 Å². The van der Waals surface area contributed by atoms with Gasteiger partial charge in [0.25, 0.3) is 0 Å². The number of nitrogens with one attached hydrogen (secondary N) is 1. The Kier molecular flexibility index (Phi) is 4.63. The van der Waals surface area contributed by atoms with Gasteiger partial charge in [-0.1, -0.05) is 13.3 Å². The normalized spacial score (nSPS) is 23.7. The van der Waals surface area contributed by atoms with Crippen LogP contribution in [0.2, 0.25) is 0 Å². The number of sulfonamides is 1. The summed E-state index contributed by atoms with van der Waals surface area (Å²) in [6.07, 6.45) is 3.29. The zero-order valence-corrected chi connectivity index (χ0v) is 13.1. The van der Waals surface area contributed by atoms with E-state index < -0.39 is 15.8 Å². The molecule has 0 saturated heterocycles. The van der Waals surface area contributed by atoms with Crippen molar-refractivity contribution < 1.29 is 12.8 Å². The minimum Gasteiger partial charge on any atom is -0.211 e. The summed E-state index contributed by atoms with van der Waals surface area (Å²) in [5.41, 5.74) is 0. The van der Waals surface area contributed by atoms with Crippen LogP contribution in [0.4, 0.5) is 4.39 Å². The molecule has 3 nitrogen and oxygen atoms in total. The first-order chi connectivity index (χ1) is 8.88. The van der Waals surface area contributed by atoms with Crippen molar-refractivity contribution in [3.8, 4) is 0 Å². The number of hydrogen-bond donors (Lipinski definition) is 1. The molecule has 19 heavy (non-hydrogen) atoms. The van der Waals surface area contributed by atoms with Gasteiger partial charge >= 0.3 is 0 Å². The molecule has 2 atom stereocenters. The van der Waals surface area contributed by atoms with Crippen molar-refractivity contribution in [2.75, 3.05) is 6.54 Å². The van der Waals surface area contributed by atoms with E-state index in [1.807, 2.05) is 0 Å². The lowest BCUT2D eigenvalue weighted by Crippen LogP contribution is -2.29. The SMILES string of the molecule is CC1CCC(CNS(=O)(=O)c2ccc(F)cc2Br)C1. The largest absolute Gasteiger partial charge is 0.241 e. The predicted octanol–water partition coefficient (Wildman–Crippen LogP) is 3.30. The van der Waals surface area contributed by atoms with Crippen molar-refractivity contribution in [3.63, 3.8) is 0 Å². The minimum absolute atomic E-state index is 0.0833. The molecule has 1 aliphatic rings. The molecule has 1 aliphatic carbocycles. The molecule has 2 rings (SSSR count). The fourth-order valence-corrected chi connectivity index (χ4v) is 4.67. The van der Waals surface area contributed by atoms with Crippen LogP contribution < -0.4 is 4.72 Å². The molecule has 0 aliphatic heterocycles. The fourth-order valence-electron chi connectivity index (χ4n) is 2.51. The Labute approximate surface area is 121 Å². The molecule has 2 unspecified atom stereocenters. The molecular formula is C13H17BrFNO2S. The van der Waals surface area contributed by atoms with E-state index in [1.54, 1.807) is 0 Å². The first-order valence-corrected chi connectivity index (χ1v) is 8.61. The van der Waals surface area contributed by atoms with Crippen LogP contribution in [0.25, 0.3) is 0 Å². The van der Waals surface area contributed by atoms with E-state index >= 15 is 0 Å². The van der Waals surface area contributed by atoms with E-state index in [2.05, 4.69) is 27.6 Å². The topological polar surface area (TPSA) is 46.2 Å². The lowest BCUT2D eigenvalue weighted by molar-refractivity contribution is 0.498. The van der Waals surface area contributed by atoms with Crippen molar-refractivity contribution in [1.29, 1.82) is 0 Å². The summed E-state index contributed by atoms with van der Waals surface area (Å²) >= 11 is 3.09. The van der Waals surface area contributed by atoms with Crippen LogP contribution in [0.5, 0.6) is 0 Å². The van der Waals surface area contributed by atoms with Crippen LogP contribution in [0.1, 0.15) is 26.2 Å². The number of halogens is 2. The average molecular weight is 350 g/mol. The van der Waals surface area contributed by atoms with Crippen molar-refractivity contribution in [2.24, 2.45) is 11.8 Å². The van der Waals surface area contributed by atoms with Gasteiger partial charge in [-0.15, -0.1) is 0 Å².